The van der Waals surface area contributed by atoms with Crippen LogP contribution in [0.2, 0.25) is 0 Å². The number of imide groups is 1. The van der Waals surface area contributed by atoms with E-state index < -0.39 is 29.3 Å². The normalized spacial score (nSPS) is 21.5. The lowest BCUT2D eigenvalue weighted by Gasteiger charge is -2.19. The van der Waals surface area contributed by atoms with Gasteiger partial charge >= 0.3 is 0 Å². The molecule has 2 aromatic carbocycles. The van der Waals surface area contributed by atoms with Crippen LogP contribution in [0.5, 0.6) is 0 Å². The molecule has 1 aromatic heterocycles. The van der Waals surface area contributed by atoms with Crippen LogP contribution < -0.4 is 10.2 Å². The van der Waals surface area contributed by atoms with Gasteiger partial charge in [-0.1, -0.05) is 47.3 Å². The first kappa shape index (κ1) is 20.4. The second-order valence-corrected chi connectivity index (χ2v) is 8.82. The Morgan fingerprint density at radius 1 is 1.16 bits per heavy atom. The van der Waals surface area contributed by atoms with E-state index in [9.17, 15) is 23.6 Å². The summed E-state index contributed by atoms with van der Waals surface area (Å²) in [6.45, 7) is 0.340. The second kappa shape index (κ2) is 7.86. The Kier molecular flexibility index (Phi) is 5.01. The van der Waals surface area contributed by atoms with Crippen molar-refractivity contribution in [3.8, 4) is 0 Å². The molecule has 3 heterocycles. The first-order chi connectivity index (χ1) is 15.4. The van der Waals surface area contributed by atoms with Crippen LogP contribution in [0.15, 0.2) is 47.0 Å². The van der Waals surface area contributed by atoms with Crippen molar-refractivity contribution < 1.29 is 28.1 Å². The van der Waals surface area contributed by atoms with E-state index in [2.05, 4.69) is 10.5 Å². The van der Waals surface area contributed by atoms with Crippen molar-refractivity contribution in [2.75, 3.05) is 11.4 Å². The molecule has 0 aliphatic carbocycles. The molecule has 162 valence electrons. The average Bonchev–Trinajstić information content (AvgIpc) is 3.35. The molecule has 2 aliphatic rings. The van der Waals surface area contributed by atoms with Gasteiger partial charge in [-0.15, -0.1) is 0 Å². The number of fused-ring (bicyclic) bond motifs is 1. The van der Waals surface area contributed by atoms with Crippen molar-refractivity contribution in [3.05, 3.63) is 59.4 Å². The average molecular weight is 453 g/mol. The minimum absolute atomic E-state index is 0.0786. The number of ketones is 1. The van der Waals surface area contributed by atoms with E-state index in [-0.39, 0.29) is 40.1 Å². The summed E-state index contributed by atoms with van der Waals surface area (Å²) in [5.74, 6) is -3.46. The van der Waals surface area contributed by atoms with Crippen molar-refractivity contribution in [1.29, 1.82) is 0 Å². The fourth-order valence-corrected chi connectivity index (χ4v) is 5.02. The molecule has 8 nitrogen and oxygen atoms in total. The monoisotopic (exact) mass is 453 g/mol. The highest BCUT2D eigenvalue weighted by Gasteiger charge is 2.37. The Hall–Kier alpha value is -3.53. The zero-order chi connectivity index (χ0) is 22.4. The van der Waals surface area contributed by atoms with E-state index in [0.29, 0.717) is 12.1 Å². The zero-order valence-corrected chi connectivity index (χ0v) is 17.4. The molecule has 0 radical (unpaired) electrons. The van der Waals surface area contributed by atoms with Crippen molar-refractivity contribution in [1.82, 2.24) is 10.5 Å². The number of rotatable bonds is 4. The van der Waals surface area contributed by atoms with Crippen LogP contribution in [0.4, 0.5) is 15.0 Å². The molecular weight excluding hydrogens is 437 g/mol. The van der Waals surface area contributed by atoms with Crippen LogP contribution in [0.3, 0.4) is 0 Å². The molecule has 1 N–H and O–H groups in total. The van der Waals surface area contributed by atoms with E-state index in [1.807, 2.05) is 30.3 Å². The first-order valence-electron chi connectivity index (χ1n) is 9.88. The summed E-state index contributed by atoms with van der Waals surface area (Å²) in [5.41, 5.74) is 1.24. The Morgan fingerprint density at radius 3 is 2.69 bits per heavy atom. The number of nitrogens with zero attached hydrogens (tertiary/aromatic N) is 2. The van der Waals surface area contributed by atoms with Gasteiger partial charge in [-0.3, -0.25) is 29.4 Å². The fourth-order valence-electron chi connectivity index (χ4n) is 3.97. The molecule has 0 bridgehead atoms. The van der Waals surface area contributed by atoms with Crippen LogP contribution in [0.1, 0.15) is 22.8 Å². The number of amides is 3. The van der Waals surface area contributed by atoms with Gasteiger partial charge in [0.15, 0.2) is 17.4 Å². The minimum atomic E-state index is -1.08. The number of hydrogen-bond donors (Lipinski definition) is 1. The lowest BCUT2D eigenvalue weighted by atomic mass is 9.89. The second-order valence-electron chi connectivity index (χ2n) is 7.67. The highest BCUT2D eigenvalue weighted by Crippen LogP contribution is 2.42. The minimum Gasteiger partial charge on any atom is -0.351 e. The van der Waals surface area contributed by atoms with Gasteiger partial charge in [0.1, 0.15) is 5.92 Å². The van der Waals surface area contributed by atoms with Crippen LogP contribution >= 0.6 is 11.8 Å². The van der Waals surface area contributed by atoms with Crippen molar-refractivity contribution in [3.63, 3.8) is 0 Å². The zero-order valence-electron chi connectivity index (χ0n) is 16.5. The Labute approximate surface area is 185 Å². The van der Waals surface area contributed by atoms with Gasteiger partial charge in [0, 0.05) is 6.54 Å². The number of anilines is 1. The maximum atomic E-state index is 14.7. The van der Waals surface area contributed by atoms with Crippen LogP contribution in [0.25, 0.3) is 11.0 Å². The molecule has 2 atom stereocenters. The molecule has 1 unspecified atom stereocenters. The molecule has 32 heavy (non-hydrogen) atoms. The number of piperidine rings is 1. The molecule has 10 heteroatoms. The number of thioether (sulfide) groups is 1. The van der Waals surface area contributed by atoms with E-state index in [1.54, 1.807) is 6.07 Å². The smallest absolute Gasteiger partial charge is 0.288 e. The van der Waals surface area contributed by atoms with Crippen LogP contribution in [-0.2, 0) is 20.8 Å². The summed E-state index contributed by atoms with van der Waals surface area (Å²) in [6.07, 6.45) is -0.467. The fraction of sp³-hybridized carbons (Fsp3) is 0.227. The molecular formula is C22H16FN3O5S. The quantitative estimate of drug-likeness (QED) is 0.477. The molecule has 3 amide bonds. The maximum Gasteiger partial charge on any atom is 0.288 e. The largest absolute Gasteiger partial charge is 0.351 e. The topological polar surface area (TPSA) is 110 Å². The van der Waals surface area contributed by atoms with Crippen molar-refractivity contribution in [2.24, 2.45) is 5.92 Å². The number of hydrogen-bond acceptors (Lipinski definition) is 7. The summed E-state index contributed by atoms with van der Waals surface area (Å²) in [5, 5.41) is 6.00. The number of carbonyl (C=O) groups excluding carboxylic acids is 4. The summed E-state index contributed by atoms with van der Waals surface area (Å²) < 4.78 is 19.9. The summed E-state index contributed by atoms with van der Waals surface area (Å²) >= 11 is 1.15. The van der Waals surface area contributed by atoms with Crippen molar-refractivity contribution in [2.45, 2.75) is 18.1 Å². The highest BCUT2D eigenvalue weighted by molar-refractivity contribution is 8.14. The van der Waals surface area contributed by atoms with Gasteiger partial charge in [-0.2, -0.15) is 0 Å². The number of aromatic nitrogens is 1. The van der Waals surface area contributed by atoms with E-state index in [0.717, 1.165) is 17.3 Å². The predicted octanol–water partition coefficient (Wildman–Crippen LogP) is 3.16. The third-order valence-electron chi connectivity index (χ3n) is 5.55. The van der Waals surface area contributed by atoms with E-state index >= 15 is 0 Å². The molecule has 2 saturated heterocycles. The number of benzene rings is 2. The molecule has 2 aliphatic heterocycles. The predicted molar refractivity (Wildman–Crippen MR) is 113 cm³/mol. The Bertz CT molecular complexity index is 1260. The highest BCUT2D eigenvalue weighted by atomic mass is 32.2. The van der Waals surface area contributed by atoms with Gasteiger partial charge in [0.2, 0.25) is 17.4 Å². The van der Waals surface area contributed by atoms with E-state index in [4.69, 9.17) is 4.52 Å². The molecule has 0 spiro atoms. The Balaban J connectivity index is 1.46. The van der Waals surface area contributed by atoms with E-state index in [1.165, 1.54) is 11.0 Å². The number of Topliss-reactive ketones (excluding diaryl/α,β-unsaturated/α-hetero) is 1. The lowest BCUT2D eigenvalue weighted by molar-refractivity contribution is -0.143. The summed E-state index contributed by atoms with van der Waals surface area (Å²) in [7, 11) is 0. The molecule has 3 aromatic rings. The molecule has 5 rings (SSSR count). The van der Waals surface area contributed by atoms with Crippen molar-refractivity contribution >= 4 is 51.4 Å². The number of halogens is 1. The molecule has 0 saturated carbocycles. The number of carbonyl (C=O) groups is 4. The lowest BCUT2D eigenvalue weighted by Crippen LogP contribution is -2.46. The first-order valence-corrected chi connectivity index (χ1v) is 10.8. The molecule has 2 fully saturated rings. The summed E-state index contributed by atoms with van der Waals surface area (Å²) in [4.78, 5) is 49.7. The standard InChI is InChI=1S/C22H16FN3O5S/c23-15-8-11(6-13-16(27)9-18(28)24-21(13)29)7-14-19(15)31-25-20(14)26-10-17(32-22(26)30)12-4-2-1-3-5-12/h1-5,7-8,13,17H,6,9-10H2,(H,24,28,29)/t13?,17-/m1/s1. The van der Waals surface area contributed by atoms with Crippen LogP contribution in [-0.4, -0.2) is 34.5 Å². The van der Waals surface area contributed by atoms with Gasteiger partial charge in [0.25, 0.3) is 5.24 Å². The van der Waals surface area contributed by atoms with Gasteiger partial charge < -0.3 is 4.52 Å². The Morgan fingerprint density at radius 2 is 1.94 bits per heavy atom. The third kappa shape index (κ3) is 3.56. The van der Waals surface area contributed by atoms with Gasteiger partial charge in [-0.05, 0) is 29.7 Å². The van der Waals surface area contributed by atoms with Crippen LogP contribution in [0, 0.1) is 11.7 Å². The third-order valence-corrected chi connectivity index (χ3v) is 6.68. The summed E-state index contributed by atoms with van der Waals surface area (Å²) in [6, 6.07) is 12.3. The SMILES string of the molecule is O=C1CC(=O)C(Cc2cc(F)c3onc(N4C[C@H](c5ccccc5)SC4=O)c3c2)C(=O)N1. The number of nitrogens with one attached hydrogen (secondary N) is 1. The van der Waals surface area contributed by atoms with Gasteiger partial charge in [-0.25, -0.2) is 4.39 Å². The maximum absolute atomic E-state index is 14.7. The van der Waals surface area contributed by atoms with Gasteiger partial charge in [0.05, 0.1) is 17.1 Å².